The lowest BCUT2D eigenvalue weighted by atomic mass is 10.1. The van der Waals surface area contributed by atoms with Crippen LogP contribution < -0.4 is 15.5 Å². The maximum absolute atomic E-state index is 13.7. The molecule has 198 valence electrons. The fourth-order valence-electron chi connectivity index (χ4n) is 4.18. The monoisotopic (exact) mass is 531 g/mol. The molecule has 5 rings (SSSR count). The van der Waals surface area contributed by atoms with Crippen molar-refractivity contribution < 1.29 is 14.0 Å². The van der Waals surface area contributed by atoms with Crippen LogP contribution >= 0.6 is 0 Å². The lowest BCUT2D eigenvalue weighted by molar-refractivity contribution is -0.114. The largest absolute Gasteiger partial charge is 0.326 e. The Morgan fingerprint density at radius 1 is 0.825 bits per heavy atom. The van der Waals surface area contributed by atoms with Gasteiger partial charge in [0.25, 0.3) is 5.91 Å². The highest BCUT2D eigenvalue weighted by Crippen LogP contribution is 2.24. The Kier molecular flexibility index (Phi) is 7.87. The third-order valence-corrected chi connectivity index (χ3v) is 6.09. The van der Waals surface area contributed by atoms with Crippen LogP contribution in [0.15, 0.2) is 115 Å². The highest BCUT2D eigenvalue weighted by Gasteiger charge is 2.19. The van der Waals surface area contributed by atoms with Gasteiger partial charge in [-0.3, -0.25) is 9.59 Å². The molecule has 0 radical (unpaired) electrons. The number of benzene rings is 4. The number of para-hydroxylation sites is 1. The third kappa shape index (κ3) is 6.54. The normalized spacial score (nSPS) is 10.6. The Hall–Kier alpha value is -5.37. The van der Waals surface area contributed by atoms with Gasteiger partial charge in [0.05, 0.1) is 12.2 Å². The molecule has 2 amide bonds. The lowest BCUT2D eigenvalue weighted by Crippen LogP contribution is -2.30. The molecule has 0 unspecified atom stereocenters. The minimum Gasteiger partial charge on any atom is -0.326 e. The van der Waals surface area contributed by atoms with Gasteiger partial charge in [-0.05, 0) is 66.2 Å². The number of carbonyl (C=O) groups is 2. The van der Waals surface area contributed by atoms with Crippen LogP contribution in [0.25, 0.3) is 11.3 Å². The Balaban J connectivity index is 1.36. The summed E-state index contributed by atoms with van der Waals surface area (Å²) < 4.78 is 13.5. The van der Waals surface area contributed by atoms with Gasteiger partial charge in [-0.1, -0.05) is 48.5 Å². The quantitative estimate of drug-likeness (QED) is 0.229. The van der Waals surface area contributed by atoms with E-state index in [1.165, 1.54) is 19.1 Å². The summed E-state index contributed by atoms with van der Waals surface area (Å²) in [4.78, 5) is 35.6. The number of hydrogen-bond donors (Lipinski definition) is 2. The first-order chi connectivity index (χ1) is 19.4. The van der Waals surface area contributed by atoms with E-state index in [-0.39, 0.29) is 24.2 Å². The van der Waals surface area contributed by atoms with Crippen LogP contribution in [0, 0.1) is 5.82 Å². The average molecular weight is 532 g/mol. The van der Waals surface area contributed by atoms with Gasteiger partial charge < -0.3 is 15.5 Å². The number of nitrogens with one attached hydrogen (secondary N) is 2. The van der Waals surface area contributed by atoms with Gasteiger partial charge in [-0.25, -0.2) is 14.4 Å². The van der Waals surface area contributed by atoms with Crippen molar-refractivity contribution in [2.45, 2.75) is 13.5 Å². The number of carbonyl (C=O) groups excluding carboxylic acids is 2. The molecule has 8 heteroatoms. The van der Waals surface area contributed by atoms with Gasteiger partial charge in [-0.15, -0.1) is 0 Å². The molecular formula is C32H26FN5O2. The molecule has 0 aliphatic carbocycles. The SMILES string of the molecule is CC(=O)Nc1ccc(-c2ccnc(Nc3cccc(C(=O)N(Cc4ccc(F)cc4)c4ccccc4)c3)n2)cc1. The molecule has 0 aliphatic rings. The van der Waals surface area contributed by atoms with E-state index in [9.17, 15) is 14.0 Å². The van der Waals surface area contributed by atoms with E-state index >= 15 is 0 Å². The highest BCUT2D eigenvalue weighted by atomic mass is 19.1. The first kappa shape index (κ1) is 26.2. The zero-order valence-corrected chi connectivity index (χ0v) is 21.7. The Bertz CT molecular complexity index is 1620. The second-order valence-corrected chi connectivity index (χ2v) is 9.08. The van der Waals surface area contributed by atoms with Crippen molar-refractivity contribution >= 4 is 34.8 Å². The predicted octanol–water partition coefficient (Wildman–Crippen LogP) is 6.83. The van der Waals surface area contributed by atoms with E-state index in [0.29, 0.717) is 28.6 Å². The minimum atomic E-state index is -0.326. The summed E-state index contributed by atoms with van der Waals surface area (Å²) in [7, 11) is 0. The fourth-order valence-corrected chi connectivity index (χ4v) is 4.18. The summed E-state index contributed by atoms with van der Waals surface area (Å²) in [6.07, 6.45) is 1.65. The van der Waals surface area contributed by atoms with Gasteiger partial charge in [-0.2, -0.15) is 0 Å². The second-order valence-electron chi connectivity index (χ2n) is 9.08. The van der Waals surface area contributed by atoms with Gasteiger partial charge in [0, 0.05) is 41.3 Å². The molecular weight excluding hydrogens is 505 g/mol. The van der Waals surface area contributed by atoms with Gasteiger partial charge in [0.2, 0.25) is 11.9 Å². The maximum Gasteiger partial charge on any atom is 0.258 e. The highest BCUT2D eigenvalue weighted by molar-refractivity contribution is 6.06. The summed E-state index contributed by atoms with van der Waals surface area (Å²) in [5, 5.41) is 5.94. The average Bonchev–Trinajstić information content (AvgIpc) is 2.97. The van der Waals surface area contributed by atoms with E-state index in [0.717, 1.165) is 16.8 Å². The molecule has 0 saturated heterocycles. The molecule has 0 aliphatic heterocycles. The van der Waals surface area contributed by atoms with Crippen molar-refractivity contribution in [1.82, 2.24) is 9.97 Å². The summed E-state index contributed by atoms with van der Waals surface area (Å²) in [5.41, 5.74) is 4.93. The molecule has 1 heterocycles. The van der Waals surface area contributed by atoms with E-state index < -0.39 is 0 Å². The molecule has 0 atom stereocenters. The Morgan fingerprint density at radius 3 is 2.30 bits per heavy atom. The molecule has 0 bridgehead atoms. The van der Waals surface area contributed by atoms with Crippen molar-refractivity contribution in [2.24, 2.45) is 0 Å². The number of hydrogen-bond acceptors (Lipinski definition) is 5. The van der Waals surface area contributed by atoms with E-state index in [4.69, 9.17) is 0 Å². The van der Waals surface area contributed by atoms with Crippen molar-refractivity contribution in [2.75, 3.05) is 15.5 Å². The molecule has 0 spiro atoms. The van der Waals surface area contributed by atoms with Gasteiger partial charge in [0.1, 0.15) is 5.82 Å². The third-order valence-electron chi connectivity index (χ3n) is 6.09. The van der Waals surface area contributed by atoms with Crippen LogP contribution in [-0.4, -0.2) is 21.8 Å². The second kappa shape index (κ2) is 12.0. The van der Waals surface area contributed by atoms with E-state index in [1.54, 1.807) is 47.5 Å². The molecule has 0 saturated carbocycles. The Morgan fingerprint density at radius 2 is 1.57 bits per heavy atom. The van der Waals surface area contributed by atoms with Crippen molar-refractivity contribution in [1.29, 1.82) is 0 Å². The number of halogens is 1. The molecule has 0 fully saturated rings. The van der Waals surface area contributed by atoms with E-state index in [2.05, 4.69) is 20.6 Å². The van der Waals surface area contributed by atoms with Crippen molar-refractivity contribution in [3.05, 3.63) is 132 Å². The number of anilines is 4. The van der Waals surface area contributed by atoms with Crippen LogP contribution in [0.4, 0.5) is 27.4 Å². The number of aromatic nitrogens is 2. The van der Waals surface area contributed by atoms with Crippen molar-refractivity contribution in [3.63, 3.8) is 0 Å². The standard InChI is InChI=1S/C32H26FN5O2/c1-22(39)35-27-16-12-24(13-17-27)30-18-19-34-32(37-30)36-28-7-5-6-25(20-28)31(40)38(29-8-3-2-4-9-29)21-23-10-14-26(33)15-11-23/h2-20H,21H2,1H3,(H,35,39)(H,34,36,37). The molecule has 5 aromatic rings. The maximum atomic E-state index is 13.7. The first-order valence-electron chi connectivity index (χ1n) is 12.6. The molecule has 40 heavy (non-hydrogen) atoms. The first-order valence-corrected chi connectivity index (χ1v) is 12.6. The van der Waals surface area contributed by atoms with Crippen LogP contribution in [0.3, 0.4) is 0 Å². The summed E-state index contributed by atoms with van der Waals surface area (Å²) in [6.45, 7) is 1.75. The number of rotatable bonds is 8. The molecule has 1 aromatic heterocycles. The predicted molar refractivity (Wildman–Crippen MR) is 155 cm³/mol. The van der Waals surface area contributed by atoms with E-state index in [1.807, 2.05) is 60.7 Å². The zero-order valence-electron chi connectivity index (χ0n) is 21.7. The molecule has 4 aromatic carbocycles. The van der Waals surface area contributed by atoms with Crippen LogP contribution in [0.5, 0.6) is 0 Å². The summed E-state index contributed by atoms with van der Waals surface area (Å²) in [5.74, 6) is -0.287. The minimum absolute atomic E-state index is 0.135. The summed E-state index contributed by atoms with van der Waals surface area (Å²) >= 11 is 0. The van der Waals surface area contributed by atoms with Crippen molar-refractivity contribution in [3.8, 4) is 11.3 Å². The summed E-state index contributed by atoms with van der Waals surface area (Å²) in [6, 6.07) is 31.8. The zero-order chi connectivity index (χ0) is 27.9. The molecule has 7 nitrogen and oxygen atoms in total. The topological polar surface area (TPSA) is 87.2 Å². The lowest BCUT2D eigenvalue weighted by Gasteiger charge is -2.23. The Labute approximate surface area is 231 Å². The number of amides is 2. The number of nitrogens with zero attached hydrogens (tertiary/aromatic N) is 3. The smallest absolute Gasteiger partial charge is 0.258 e. The van der Waals surface area contributed by atoms with Crippen LogP contribution in [-0.2, 0) is 11.3 Å². The fraction of sp³-hybridized carbons (Fsp3) is 0.0625. The molecule has 2 N–H and O–H groups in total. The van der Waals surface area contributed by atoms with Gasteiger partial charge in [0.15, 0.2) is 0 Å². The van der Waals surface area contributed by atoms with Crippen LogP contribution in [0.1, 0.15) is 22.8 Å². The van der Waals surface area contributed by atoms with Gasteiger partial charge >= 0.3 is 0 Å². The van der Waals surface area contributed by atoms with Crippen LogP contribution in [0.2, 0.25) is 0 Å².